The molecule has 1 unspecified atom stereocenters. The van der Waals surface area contributed by atoms with Crippen LogP contribution in [0.1, 0.15) is 19.4 Å². The van der Waals surface area contributed by atoms with Crippen molar-refractivity contribution >= 4 is 0 Å². The summed E-state index contributed by atoms with van der Waals surface area (Å²) in [4.78, 5) is 0. The fourth-order valence-electron chi connectivity index (χ4n) is 1.61. The Morgan fingerprint density at radius 2 is 2.18 bits per heavy atom. The van der Waals surface area contributed by atoms with Crippen LogP contribution in [0.15, 0.2) is 18.2 Å². The van der Waals surface area contributed by atoms with Crippen LogP contribution in [-0.2, 0) is 6.54 Å². The van der Waals surface area contributed by atoms with Crippen molar-refractivity contribution in [3.63, 3.8) is 0 Å². The van der Waals surface area contributed by atoms with E-state index < -0.39 is 0 Å². The molecule has 4 heteroatoms. The van der Waals surface area contributed by atoms with Gasteiger partial charge in [0, 0.05) is 24.7 Å². The third kappa shape index (κ3) is 4.32. The molecular formula is C13H21FN2O. The normalized spacial score (nSPS) is 12.5. The molecule has 0 saturated carbocycles. The van der Waals surface area contributed by atoms with Crippen molar-refractivity contribution in [1.82, 2.24) is 10.6 Å². The summed E-state index contributed by atoms with van der Waals surface area (Å²) in [6, 6.07) is 5.17. The number of hydrogen-bond donors (Lipinski definition) is 2. The van der Waals surface area contributed by atoms with E-state index in [2.05, 4.69) is 24.5 Å². The summed E-state index contributed by atoms with van der Waals surface area (Å²) < 4.78 is 18.7. The van der Waals surface area contributed by atoms with Crippen molar-refractivity contribution < 1.29 is 9.13 Å². The van der Waals surface area contributed by atoms with Crippen LogP contribution in [0.25, 0.3) is 0 Å². The average molecular weight is 240 g/mol. The Balaban J connectivity index is 2.56. The second kappa shape index (κ2) is 7.25. The molecule has 0 aliphatic rings. The minimum Gasteiger partial charge on any atom is -0.496 e. The van der Waals surface area contributed by atoms with E-state index in [9.17, 15) is 4.39 Å². The van der Waals surface area contributed by atoms with Gasteiger partial charge in [0.05, 0.1) is 7.11 Å². The Labute approximate surface area is 102 Å². The molecule has 0 fully saturated rings. The lowest BCUT2D eigenvalue weighted by atomic mass is 10.1. The summed E-state index contributed by atoms with van der Waals surface area (Å²) in [5.41, 5.74) is 0.582. The number of ether oxygens (including phenoxy) is 1. The Hall–Kier alpha value is -1.13. The first-order valence-corrected chi connectivity index (χ1v) is 5.94. The number of nitrogens with one attached hydrogen (secondary N) is 2. The topological polar surface area (TPSA) is 33.3 Å². The van der Waals surface area contributed by atoms with Gasteiger partial charge < -0.3 is 15.4 Å². The molecule has 0 aliphatic carbocycles. The molecule has 0 aliphatic heterocycles. The molecule has 1 atom stereocenters. The number of methoxy groups -OCH3 is 1. The molecule has 0 bridgehead atoms. The highest BCUT2D eigenvalue weighted by Crippen LogP contribution is 2.20. The van der Waals surface area contributed by atoms with Crippen molar-refractivity contribution in [3.05, 3.63) is 29.6 Å². The maximum absolute atomic E-state index is 13.6. The predicted molar refractivity (Wildman–Crippen MR) is 67.8 cm³/mol. The van der Waals surface area contributed by atoms with Gasteiger partial charge in [-0.1, -0.05) is 13.0 Å². The standard InChI is InChI=1S/C13H21FN2O/c1-4-15-8-10(2)16-9-11-12(14)6-5-7-13(11)17-3/h5-7,10,15-16H,4,8-9H2,1-3H3. The maximum Gasteiger partial charge on any atom is 0.131 e. The monoisotopic (exact) mass is 240 g/mol. The van der Waals surface area contributed by atoms with Crippen molar-refractivity contribution in [3.8, 4) is 5.75 Å². The fraction of sp³-hybridized carbons (Fsp3) is 0.538. The Morgan fingerprint density at radius 3 is 2.82 bits per heavy atom. The first kappa shape index (κ1) is 13.9. The summed E-state index contributed by atoms with van der Waals surface area (Å²) in [7, 11) is 1.56. The van der Waals surface area contributed by atoms with Crippen molar-refractivity contribution in [2.45, 2.75) is 26.4 Å². The van der Waals surface area contributed by atoms with E-state index in [1.165, 1.54) is 6.07 Å². The highest BCUT2D eigenvalue weighted by molar-refractivity contribution is 5.34. The van der Waals surface area contributed by atoms with Crippen LogP contribution in [0.2, 0.25) is 0 Å². The van der Waals surface area contributed by atoms with E-state index >= 15 is 0 Å². The van der Waals surface area contributed by atoms with Crippen molar-refractivity contribution in [2.24, 2.45) is 0 Å². The molecule has 0 aromatic heterocycles. The van der Waals surface area contributed by atoms with Gasteiger partial charge in [-0.2, -0.15) is 0 Å². The van der Waals surface area contributed by atoms with Crippen LogP contribution in [0, 0.1) is 5.82 Å². The maximum atomic E-state index is 13.6. The van der Waals surface area contributed by atoms with E-state index in [1.54, 1.807) is 19.2 Å². The van der Waals surface area contributed by atoms with Gasteiger partial charge >= 0.3 is 0 Å². The zero-order valence-electron chi connectivity index (χ0n) is 10.7. The molecular weight excluding hydrogens is 219 g/mol. The van der Waals surface area contributed by atoms with Crippen molar-refractivity contribution in [1.29, 1.82) is 0 Å². The quantitative estimate of drug-likeness (QED) is 0.764. The number of rotatable bonds is 7. The van der Waals surface area contributed by atoms with E-state index in [0.717, 1.165) is 13.1 Å². The zero-order valence-corrected chi connectivity index (χ0v) is 10.7. The average Bonchev–Trinajstić information content (AvgIpc) is 2.34. The third-order valence-corrected chi connectivity index (χ3v) is 2.62. The highest BCUT2D eigenvalue weighted by atomic mass is 19.1. The zero-order chi connectivity index (χ0) is 12.7. The van der Waals surface area contributed by atoms with Crippen LogP contribution in [0.3, 0.4) is 0 Å². The number of halogens is 1. The summed E-state index contributed by atoms with van der Waals surface area (Å²) in [6.07, 6.45) is 0. The van der Waals surface area contributed by atoms with Gasteiger partial charge in [0.15, 0.2) is 0 Å². The van der Waals surface area contributed by atoms with E-state index in [1.807, 2.05) is 0 Å². The van der Waals surface area contributed by atoms with Gasteiger partial charge in [0.1, 0.15) is 11.6 Å². The smallest absolute Gasteiger partial charge is 0.131 e. The van der Waals surface area contributed by atoms with Gasteiger partial charge in [-0.05, 0) is 25.6 Å². The van der Waals surface area contributed by atoms with E-state index in [-0.39, 0.29) is 5.82 Å². The van der Waals surface area contributed by atoms with Gasteiger partial charge in [-0.25, -0.2) is 4.39 Å². The molecule has 0 amide bonds. The molecule has 96 valence electrons. The second-order valence-electron chi connectivity index (χ2n) is 4.01. The van der Waals surface area contributed by atoms with Crippen molar-refractivity contribution in [2.75, 3.05) is 20.2 Å². The molecule has 1 aromatic carbocycles. The van der Waals surface area contributed by atoms with E-state index in [0.29, 0.717) is 23.9 Å². The molecule has 0 heterocycles. The molecule has 0 spiro atoms. The number of likely N-dealkylation sites (N-methyl/N-ethyl adjacent to an activating group) is 1. The van der Waals surface area contributed by atoms with Gasteiger partial charge in [-0.15, -0.1) is 0 Å². The minimum absolute atomic E-state index is 0.229. The second-order valence-corrected chi connectivity index (χ2v) is 4.01. The van der Waals surface area contributed by atoms with Crippen LogP contribution in [0.5, 0.6) is 5.75 Å². The number of benzene rings is 1. The summed E-state index contributed by atoms with van der Waals surface area (Å²) in [5, 5.41) is 6.51. The summed E-state index contributed by atoms with van der Waals surface area (Å²) >= 11 is 0. The molecule has 1 aromatic rings. The molecule has 2 N–H and O–H groups in total. The van der Waals surface area contributed by atoms with Crippen LogP contribution >= 0.6 is 0 Å². The first-order valence-electron chi connectivity index (χ1n) is 5.94. The summed E-state index contributed by atoms with van der Waals surface area (Å²) in [6.45, 7) is 6.41. The highest BCUT2D eigenvalue weighted by Gasteiger charge is 2.09. The lowest BCUT2D eigenvalue weighted by Crippen LogP contribution is -2.36. The first-order chi connectivity index (χ1) is 8.19. The Morgan fingerprint density at radius 1 is 1.41 bits per heavy atom. The largest absolute Gasteiger partial charge is 0.496 e. The van der Waals surface area contributed by atoms with Gasteiger partial charge in [0.25, 0.3) is 0 Å². The molecule has 0 radical (unpaired) electrons. The van der Waals surface area contributed by atoms with E-state index in [4.69, 9.17) is 4.74 Å². The van der Waals surface area contributed by atoms with Gasteiger partial charge in [0.2, 0.25) is 0 Å². The van der Waals surface area contributed by atoms with Crippen LogP contribution < -0.4 is 15.4 Å². The predicted octanol–water partition coefficient (Wildman–Crippen LogP) is 1.92. The van der Waals surface area contributed by atoms with Crippen LogP contribution in [-0.4, -0.2) is 26.2 Å². The lowest BCUT2D eigenvalue weighted by Gasteiger charge is -2.16. The SMILES string of the molecule is CCNCC(C)NCc1c(F)cccc1OC. The molecule has 0 saturated heterocycles. The fourth-order valence-corrected chi connectivity index (χ4v) is 1.61. The molecule has 1 rings (SSSR count). The molecule has 17 heavy (non-hydrogen) atoms. The minimum atomic E-state index is -0.229. The Kier molecular flexibility index (Phi) is 5.94. The third-order valence-electron chi connectivity index (χ3n) is 2.62. The molecule has 3 nitrogen and oxygen atoms in total. The van der Waals surface area contributed by atoms with Gasteiger partial charge in [-0.3, -0.25) is 0 Å². The summed E-state index contributed by atoms with van der Waals surface area (Å²) in [5.74, 6) is 0.362. The lowest BCUT2D eigenvalue weighted by molar-refractivity contribution is 0.398. The Bertz CT molecular complexity index is 344. The number of hydrogen-bond acceptors (Lipinski definition) is 3. The van der Waals surface area contributed by atoms with Crippen LogP contribution in [0.4, 0.5) is 4.39 Å².